The molecule has 27 heavy (non-hydrogen) atoms. The van der Waals surface area contributed by atoms with E-state index >= 15 is 0 Å². The number of rotatable bonds is 3. The van der Waals surface area contributed by atoms with E-state index in [0.717, 1.165) is 36.0 Å². The van der Waals surface area contributed by atoms with Gasteiger partial charge in [0.1, 0.15) is 5.52 Å². The fraction of sp³-hybridized carbons (Fsp3) is 0.286. The number of carbonyl (C=O) groups is 1. The van der Waals surface area contributed by atoms with Crippen molar-refractivity contribution >= 4 is 17.1 Å². The fourth-order valence-electron chi connectivity index (χ4n) is 3.41. The summed E-state index contributed by atoms with van der Waals surface area (Å²) in [4.78, 5) is 19.0. The molecule has 2 aromatic carbocycles. The van der Waals surface area contributed by atoms with Crippen molar-refractivity contribution in [3.8, 4) is 6.07 Å². The molecule has 3 aromatic rings. The van der Waals surface area contributed by atoms with Gasteiger partial charge in [0.05, 0.1) is 17.6 Å². The van der Waals surface area contributed by atoms with Crippen molar-refractivity contribution in [1.82, 2.24) is 15.2 Å². The molecule has 1 fully saturated rings. The van der Waals surface area contributed by atoms with E-state index in [1.165, 1.54) is 0 Å². The van der Waals surface area contributed by atoms with Gasteiger partial charge < -0.3 is 14.6 Å². The number of amides is 2. The molecular weight excluding hydrogens is 340 g/mol. The quantitative estimate of drug-likeness (QED) is 0.770. The number of carbonyl (C=O) groups excluding carboxylic acids is 1. The van der Waals surface area contributed by atoms with Crippen LogP contribution in [0.2, 0.25) is 0 Å². The number of oxazole rings is 1. The van der Waals surface area contributed by atoms with Crippen LogP contribution in [-0.4, -0.2) is 29.0 Å². The van der Waals surface area contributed by atoms with Gasteiger partial charge in [-0.15, -0.1) is 0 Å². The molecule has 0 bridgehead atoms. The van der Waals surface area contributed by atoms with Gasteiger partial charge in [-0.3, -0.25) is 0 Å². The standard InChI is InChI=1S/C21H20N4O2/c22-12-15-7-9-16(10-8-15)13-23-21(26)25-11-3-4-17(14-25)20-24-18-5-1-2-6-19(18)27-20/h1-2,5-10,17H,3-4,11,13-14H2,(H,23,26). The maximum absolute atomic E-state index is 12.6. The van der Waals surface area contributed by atoms with Gasteiger partial charge in [-0.25, -0.2) is 9.78 Å². The third-order valence-corrected chi connectivity index (χ3v) is 4.90. The molecule has 1 atom stereocenters. The zero-order chi connectivity index (χ0) is 18.6. The Balaban J connectivity index is 1.38. The minimum absolute atomic E-state index is 0.0832. The van der Waals surface area contributed by atoms with Crippen LogP contribution in [-0.2, 0) is 6.54 Å². The molecule has 1 N–H and O–H groups in total. The van der Waals surface area contributed by atoms with Gasteiger partial charge in [0.2, 0.25) is 0 Å². The molecule has 0 spiro atoms. The number of nitriles is 1. The molecule has 2 heterocycles. The Morgan fingerprint density at radius 3 is 2.85 bits per heavy atom. The molecule has 1 aliphatic heterocycles. The van der Waals surface area contributed by atoms with Crippen molar-refractivity contribution in [2.75, 3.05) is 13.1 Å². The second kappa shape index (κ2) is 7.50. The Bertz CT molecular complexity index is 954. The number of fused-ring (bicyclic) bond motifs is 1. The van der Waals surface area contributed by atoms with Gasteiger partial charge in [0, 0.05) is 19.6 Å². The van der Waals surface area contributed by atoms with Gasteiger partial charge >= 0.3 is 6.03 Å². The third kappa shape index (κ3) is 3.77. The maximum atomic E-state index is 12.6. The highest BCUT2D eigenvalue weighted by molar-refractivity contribution is 5.74. The van der Waals surface area contributed by atoms with Crippen molar-refractivity contribution < 1.29 is 9.21 Å². The largest absolute Gasteiger partial charge is 0.440 e. The van der Waals surface area contributed by atoms with E-state index in [4.69, 9.17) is 9.68 Å². The highest BCUT2D eigenvalue weighted by Crippen LogP contribution is 2.28. The zero-order valence-electron chi connectivity index (χ0n) is 14.9. The summed E-state index contributed by atoms with van der Waals surface area (Å²) in [6, 6.07) is 17.0. The van der Waals surface area contributed by atoms with Crippen LogP contribution in [0.1, 0.15) is 35.8 Å². The second-order valence-electron chi connectivity index (χ2n) is 6.77. The number of benzene rings is 2. The van der Waals surface area contributed by atoms with Crippen molar-refractivity contribution in [3.63, 3.8) is 0 Å². The van der Waals surface area contributed by atoms with E-state index in [0.29, 0.717) is 24.5 Å². The molecule has 6 nitrogen and oxygen atoms in total. The number of nitrogens with one attached hydrogen (secondary N) is 1. The molecule has 6 heteroatoms. The minimum Gasteiger partial charge on any atom is -0.440 e. The molecular formula is C21H20N4O2. The summed E-state index contributed by atoms with van der Waals surface area (Å²) in [7, 11) is 0. The Kier molecular flexibility index (Phi) is 4.75. The number of hydrogen-bond donors (Lipinski definition) is 1. The Hall–Kier alpha value is -3.33. The maximum Gasteiger partial charge on any atom is 0.317 e. The van der Waals surface area contributed by atoms with Crippen LogP contribution < -0.4 is 5.32 Å². The fourth-order valence-corrected chi connectivity index (χ4v) is 3.41. The topological polar surface area (TPSA) is 82.2 Å². The third-order valence-electron chi connectivity index (χ3n) is 4.90. The van der Waals surface area contributed by atoms with Crippen molar-refractivity contribution in [2.45, 2.75) is 25.3 Å². The summed E-state index contributed by atoms with van der Waals surface area (Å²) in [5.74, 6) is 0.826. The molecule has 0 saturated carbocycles. The summed E-state index contributed by atoms with van der Waals surface area (Å²) in [5, 5.41) is 11.8. The molecule has 1 aliphatic rings. The van der Waals surface area contributed by atoms with Gasteiger partial charge in [-0.2, -0.15) is 5.26 Å². The van der Waals surface area contributed by atoms with E-state index in [1.54, 1.807) is 12.1 Å². The molecule has 1 unspecified atom stereocenters. The van der Waals surface area contributed by atoms with Crippen LogP contribution in [0.15, 0.2) is 52.9 Å². The van der Waals surface area contributed by atoms with Crippen molar-refractivity contribution in [1.29, 1.82) is 5.26 Å². The number of para-hydroxylation sites is 2. The lowest BCUT2D eigenvalue weighted by atomic mass is 9.98. The Labute approximate surface area is 157 Å². The Morgan fingerprint density at radius 2 is 2.07 bits per heavy atom. The predicted octanol–water partition coefficient (Wildman–Crippen LogP) is 3.79. The minimum atomic E-state index is -0.0832. The van der Waals surface area contributed by atoms with E-state index in [1.807, 2.05) is 41.3 Å². The highest BCUT2D eigenvalue weighted by Gasteiger charge is 2.28. The number of piperidine rings is 1. The SMILES string of the molecule is N#Cc1ccc(CNC(=O)N2CCCC(c3nc4ccccc4o3)C2)cc1. The first kappa shape index (κ1) is 17.1. The average molecular weight is 360 g/mol. The lowest BCUT2D eigenvalue weighted by molar-refractivity contribution is 0.174. The van der Waals surface area contributed by atoms with Gasteiger partial charge in [-0.1, -0.05) is 24.3 Å². The van der Waals surface area contributed by atoms with Gasteiger partial charge in [0.25, 0.3) is 0 Å². The van der Waals surface area contributed by atoms with Crippen molar-refractivity contribution in [2.24, 2.45) is 0 Å². The molecule has 1 saturated heterocycles. The summed E-state index contributed by atoms with van der Waals surface area (Å²) >= 11 is 0. The molecule has 2 amide bonds. The number of nitrogens with zero attached hydrogens (tertiary/aromatic N) is 3. The molecule has 0 radical (unpaired) electrons. The van der Waals surface area contributed by atoms with Crippen LogP contribution in [0.4, 0.5) is 4.79 Å². The smallest absolute Gasteiger partial charge is 0.317 e. The van der Waals surface area contributed by atoms with Crippen LogP contribution in [0, 0.1) is 11.3 Å². The van der Waals surface area contributed by atoms with Crippen LogP contribution in [0.25, 0.3) is 11.1 Å². The van der Waals surface area contributed by atoms with Crippen molar-refractivity contribution in [3.05, 3.63) is 65.5 Å². The first-order valence-corrected chi connectivity index (χ1v) is 9.10. The first-order valence-electron chi connectivity index (χ1n) is 9.10. The van der Waals surface area contributed by atoms with E-state index in [9.17, 15) is 4.79 Å². The monoisotopic (exact) mass is 360 g/mol. The molecule has 136 valence electrons. The second-order valence-corrected chi connectivity index (χ2v) is 6.77. The lowest BCUT2D eigenvalue weighted by Gasteiger charge is -2.31. The number of likely N-dealkylation sites (tertiary alicyclic amines) is 1. The number of aromatic nitrogens is 1. The highest BCUT2D eigenvalue weighted by atomic mass is 16.3. The Morgan fingerprint density at radius 1 is 1.26 bits per heavy atom. The first-order chi connectivity index (χ1) is 13.2. The summed E-state index contributed by atoms with van der Waals surface area (Å²) in [5.41, 5.74) is 3.22. The number of hydrogen-bond acceptors (Lipinski definition) is 4. The lowest BCUT2D eigenvalue weighted by Crippen LogP contribution is -2.44. The predicted molar refractivity (Wildman–Crippen MR) is 101 cm³/mol. The number of urea groups is 1. The van der Waals surface area contributed by atoms with Gasteiger partial charge in [0.15, 0.2) is 11.5 Å². The summed E-state index contributed by atoms with van der Waals surface area (Å²) in [6.45, 7) is 1.77. The van der Waals surface area contributed by atoms with Crippen LogP contribution in [0.5, 0.6) is 0 Å². The normalized spacial score (nSPS) is 16.9. The van der Waals surface area contributed by atoms with Gasteiger partial charge in [-0.05, 0) is 42.7 Å². The summed E-state index contributed by atoms with van der Waals surface area (Å²) < 4.78 is 5.89. The van der Waals surface area contributed by atoms with Crippen LogP contribution >= 0.6 is 0 Å². The average Bonchev–Trinajstić information content (AvgIpc) is 3.17. The molecule has 1 aromatic heterocycles. The van der Waals surface area contributed by atoms with E-state index in [2.05, 4.69) is 16.4 Å². The van der Waals surface area contributed by atoms with E-state index in [-0.39, 0.29) is 11.9 Å². The molecule has 4 rings (SSSR count). The molecule has 0 aliphatic carbocycles. The zero-order valence-corrected chi connectivity index (χ0v) is 14.9. The van der Waals surface area contributed by atoms with Crippen LogP contribution in [0.3, 0.4) is 0 Å². The summed E-state index contributed by atoms with van der Waals surface area (Å²) in [6.07, 6.45) is 1.89. The van der Waals surface area contributed by atoms with E-state index < -0.39 is 0 Å².